The van der Waals surface area contributed by atoms with E-state index in [9.17, 15) is 0 Å². The Hall–Kier alpha value is -1.12. The summed E-state index contributed by atoms with van der Waals surface area (Å²) in [5, 5.41) is 3.80. The molecule has 2 aromatic rings. The highest BCUT2D eigenvalue weighted by Gasteiger charge is 2.21. The molecule has 1 aliphatic carbocycles. The summed E-state index contributed by atoms with van der Waals surface area (Å²) in [6.07, 6.45) is 3.74. The van der Waals surface area contributed by atoms with Crippen LogP contribution in [-0.2, 0) is 6.42 Å². The summed E-state index contributed by atoms with van der Waals surface area (Å²) in [4.78, 5) is 0. The predicted molar refractivity (Wildman–Crippen MR) is 87.8 cm³/mol. The van der Waals surface area contributed by atoms with E-state index in [1.54, 1.807) is 0 Å². The van der Waals surface area contributed by atoms with Gasteiger partial charge in [-0.1, -0.05) is 52.3 Å². The molecule has 2 aromatic carbocycles. The van der Waals surface area contributed by atoms with Crippen LogP contribution in [0.1, 0.15) is 48.5 Å². The molecule has 0 heterocycles. The fourth-order valence-corrected chi connectivity index (χ4v) is 3.34. The molecule has 0 saturated heterocycles. The number of halogens is 1. The molecule has 0 bridgehead atoms. The minimum absolute atomic E-state index is 0.374. The maximum Gasteiger partial charge on any atom is 0.0328 e. The fourth-order valence-electron chi connectivity index (χ4n) is 3.08. The van der Waals surface area contributed by atoms with E-state index >= 15 is 0 Å². The van der Waals surface area contributed by atoms with Gasteiger partial charge in [-0.3, -0.25) is 0 Å². The molecule has 0 spiro atoms. The van der Waals surface area contributed by atoms with Gasteiger partial charge in [0, 0.05) is 16.6 Å². The molecule has 0 aromatic heterocycles. The van der Waals surface area contributed by atoms with Crippen LogP contribution in [0.4, 0.5) is 0 Å². The number of rotatable bonds is 3. The molecule has 0 amide bonds. The zero-order chi connectivity index (χ0) is 13.9. The lowest BCUT2D eigenvalue weighted by Gasteiger charge is -2.29. The van der Waals surface area contributed by atoms with Gasteiger partial charge in [-0.15, -0.1) is 0 Å². The van der Waals surface area contributed by atoms with Gasteiger partial charge in [-0.25, -0.2) is 0 Å². The Bertz CT molecular complexity index is 576. The van der Waals surface area contributed by atoms with Crippen molar-refractivity contribution in [2.75, 3.05) is 0 Å². The molecule has 20 heavy (non-hydrogen) atoms. The zero-order valence-corrected chi connectivity index (χ0v) is 13.4. The third kappa shape index (κ3) is 2.97. The Balaban J connectivity index is 1.77. The Morgan fingerprint density at radius 3 is 2.65 bits per heavy atom. The van der Waals surface area contributed by atoms with Crippen molar-refractivity contribution in [1.82, 2.24) is 5.32 Å². The largest absolute Gasteiger partial charge is 0.303 e. The van der Waals surface area contributed by atoms with Crippen LogP contribution in [-0.4, -0.2) is 0 Å². The smallest absolute Gasteiger partial charge is 0.0328 e. The molecule has 0 aliphatic heterocycles. The monoisotopic (exact) mass is 329 g/mol. The van der Waals surface area contributed by atoms with E-state index in [0.717, 1.165) is 4.47 Å². The third-order valence-electron chi connectivity index (χ3n) is 4.19. The molecule has 3 rings (SSSR count). The summed E-state index contributed by atoms with van der Waals surface area (Å²) >= 11 is 3.49. The van der Waals surface area contributed by atoms with Gasteiger partial charge in [0.25, 0.3) is 0 Å². The highest BCUT2D eigenvalue weighted by molar-refractivity contribution is 9.10. The van der Waals surface area contributed by atoms with Crippen LogP contribution in [0.25, 0.3) is 0 Å². The molecule has 1 nitrogen and oxygen atoms in total. The van der Waals surface area contributed by atoms with Gasteiger partial charge in [0.1, 0.15) is 0 Å². The lowest BCUT2D eigenvalue weighted by molar-refractivity contribution is 0.415. The van der Waals surface area contributed by atoms with Crippen molar-refractivity contribution in [2.24, 2.45) is 0 Å². The minimum Gasteiger partial charge on any atom is -0.303 e. The second-order valence-electron chi connectivity index (χ2n) is 5.58. The van der Waals surface area contributed by atoms with Crippen LogP contribution < -0.4 is 5.32 Å². The van der Waals surface area contributed by atoms with Gasteiger partial charge in [-0.05, 0) is 55.0 Å². The van der Waals surface area contributed by atoms with Gasteiger partial charge in [-0.2, -0.15) is 0 Å². The zero-order valence-electron chi connectivity index (χ0n) is 11.8. The number of nitrogens with one attached hydrogen (secondary N) is 1. The Morgan fingerprint density at radius 1 is 1.10 bits per heavy atom. The molecule has 1 aliphatic rings. The SMILES string of the molecule is C[C@@H](NC1CCCc2ccccc21)c1ccc(Br)cc1. The quantitative estimate of drug-likeness (QED) is 0.818. The molecule has 1 N–H and O–H groups in total. The topological polar surface area (TPSA) is 12.0 Å². The second kappa shape index (κ2) is 6.11. The maximum absolute atomic E-state index is 3.80. The normalized spacial score (nSPS) is 19.4. The van der Waals surface area contributed by atoms with E-state index in [1.165, 1.54) is 36.0 Å². The van der Waals surface area contributed by atoms with Crippen molar-refractivity contribution in [2.45, 2.75) is 38.3 Å². The summed E-state index contributed by atoms with van der Waals surface area (Å²) < 4.78 is 1.14. The Labute approximate surface area is 129 Å². The lowest BCUT2D eigenvalue weighted by atomic mass is 9.87. The number of hydrogen-bond acceptors (Lipinski definition) is 1. The van der Waals surface area contributed by atoms with E-state index in [-0.39, 0.29) is 0 Å². The molecule has 0 saturated carbocycles. The first-order valence-corrected chi connectivity index (χ1v) is 8.12. The van der Waals surface area contributed by atoms with E-state index in [2.05, 4.69) is 76.7 Å². The van der Waals surface area contributed by atoms with Crippen molar-refractivity contribution in [3.05, 3.63) is 69.7 Å². The fraction of sp³-hybridized carbons (Fsp3) is 0.333. The maximum atomic E-state index is 3.80. The van der Waals surface area contributed by atoms with Crippen molar-refractivity contribution >= 4 is 15.9 Å². The molecule has 2 atom stereocenters. The number of fused-ring (bicyclic) bond motifs is 1. The molecule has 0 radical (unpaired) electrons. The molecule has 0 fully saturated rings. The van der Waals surface area contributed by atoms with E-state index < -0.39 is 0 Å². The average molecular weight is 330 g/mol. The first-order valence-electron chi connectivity index (χ1n) is 7.33. The molecule has 104 valence electrons. The van der Waals surface area contributed by atoms with Crippen LogP contribution in [0.15, 0.2) is 53.0 Å². The summed E-state index contributed by atoms with van der Waals surface area (Å²) in [6, 6.07) is 18.3. The van der Waals surface area contributed by atoms with Gasteiger partial charge in [0.2, 0.25) is 0 Å². The van der Waals surface area contributed by atoms with E-state index in [4.69, 9.17) is 0 Å². The number of benzene rings is 2. The first kappa shape index (κ1) is 13.8. The molecule has 2 heteroatoms. The van der Waals surface area contributed by atoms with Crippen LogP contribution in [0.2, 0.25) is 0 Å². The van der Waals surface area contributed by atoms with Crippen LogP contribution >= 0.6 is 15.9 Å². The highest BCUT2D eigenvalue weighted by Crippen LogP contribution is 2.31. The lowest BCUT2D eigenvalue weighted by Crippen LogP contribution is -2.27. The van der Waals surface area contributed by atoms with Gasteiger partial charge in [0.15, 0.2) is 0 Å². The van der Waals surface area contributed by atoms with Crippen molar-refractivity contribution in [3.8, 4) is 0 Å². The molecule has 1 unspecified atom stereocenters. The average Bonchev–Trinajstić information content (AvgIpc) is 2.48. The summed E-state index contributed by atoms with van der Waals surface area (Å²) in [5.41, 5.74) is 4.35. The van der Waals surface area contributed by atoms with Gasteiger partial charge >= 0.3 is 0 Å². The van der Waals surface area contributed by atoms with Crippen LogP contribution in [0, 0.1) is 0 Å². The Kier molecular flexibility index (Phi) is 4.23. The minimum atomic E-state index is 0.374. The van der Waals surface area contributed by atoms with Crippen LogP contribution in [0.3, 0.4) is 0 Å². The van der Waals surface area contributed by atoms with E-state index in [0.29, 0.717) is 12.1 Å². The summed E-state index contributed by atoms with van der Waals surface area (Å²) in [5.74, 6) is 0. The predicted octanol–water partition coefficient (Wildman–Crippen LogP) is 5.18. The standard InChI is InChI=1S/C18H20BrN/c1-13(14-9-11-16(19)12-10-14)20-18-8-4-6-15-5-2-3-7-17(15)18/h2-3,5,7,9-13,18,20H,4,6,8H2,1H3/t13-,18?/m1/s1. The second-order valence-corrected chi connectivity index (χ2v) is 6.50. The van der Waals surface area contributed by atoms with E-state index in [1.807, 2.05) is 0 Å². The first-order chi connectivity index (χ1) is 9.74. The van der Waals surface area contributed by atoms with Crippen molar-refractivity contribution in [1.29, 1.82) is 0 Å². The molecular formula is C18H20BrN. The van der Waals surface area contributed by atoms with Gasteiger partial charge < -0.3 is 5.32 Å². The highest BCUT2D eigenvalue weighted by atomic mass is 79.9. The van der Waals surface area contributed by atoms with Crippen LogP contribution in [0.5, 0.6) is 0 Å². The van der Waals surface area contributed by atoms with Gasteiger partial charge in [0.05, 0.1) is 0 Å². The summed E-state index contributed by atoms with van der Waals surface area (Å²) in [6.45, 7) is 2.25. The van der Waals surface area contributed by atoms with Crippen molar-refractivity contribution in [3.63, 3.8) is 0 Å². The third-order valence-corrected chi connectivity index (χ3v) is 4.72. The summed E-state index contributed by atoms with van der Waals surface area (Å²) in [7, 11) is 0. The molecular weight excluding hydrogens is 310 g/mol. The van der Waals surface area contributed by atoms with Crippen molar-refractivity contribution < 1.29 is 0 Å². The number of hydrogen-bond donors (Lipinski definition) is 1. The Morgan fingerprint density at radius 2 is 1.85 bits per heavy atom. The number of aryl methyl sites for hydroxylation is 1.